The minimum Gasteiger partial charge on any atom is -0.372 e. The molecular weight excluding hydrogens is 348 g/mol. The maximum atomic E-state index is 12.9. The molecule has 150 valence electrons. The van der Waals surface area contributed by atoms with Crippen LogP contribution >= 0.6 is 0 Å². The lowest BCUT2D eigenvalue weighted by Gasteiger charge is -2.22. The number of Topliss-reactive ketones (excluding diaryl/α,β-unsaturated/α-hetero) is 2. The lowest BCUT2D eigenvalue weighted by molar-refractivity contribution is 0.0816. The Morgan fingerprint density at radius 1 is 0.643 bits per heavy atom. The topological polar surface area (TPSA) is 40.6 Å². The van der Waals surface area contributed by atoms with Crippen LogP contribution in [0.5, 0.6) is 0 Å². The van der Waals surface area contributed by atoms with Gasteiger partial charge in [0.25, 0.3) is 0 Å². The summed E-state index contributed by atoms with van der Waals surface area (Å²) in [7, 11) is 0. The molecule has 0 aliphatic heterocycles. The lowest BCUT2D eigenvalue weighted by atomic mass is 9.95. The molecule has 0 aliphatic rings. The molecule has 0 bridgehead atoms. The molecule has 0 aromatic heterocycles. The van der Waals surface area contributed by atoms with Crippen molar-refractivity contribution in [2.24, 2.45) is 0 Å². The fraction of sp³-hybridized carbons (Fsp3) is 0.417. The number of anilines is 2. The molecule has 2 rings (SSSR count). The lowest BCUT2D eigenvalue weighted by Crippen LogP contribution is -2.23. The van der Waals surface area contributed by atoms with Crippen LogP contribution in [-0.2, 0) is 0 Å². The van der Waals surface area contributed by atoms with Gasteiger partial charge >= 0.3 is 0 Å². The van der Waals surface area contributed by atoms with Crippen molar-refractivity contribution in [1.29, 1.82) is 0 Å². The second-order valence-corrected chi connectivity index (χ2v) is 7.00. The van der Waals surface area contributed by atoms with Crippen LogP contribution in [0, 0.1) is 13.8 Å². The summed E-state index contributed by atoms with van der Waals surface area (Å²) in [6.45, 7) is 15.8. The van der Waals surface area contributed by atoms with Crippen LogP contribution < -0.4 is 9.80 Å². The van der Waals surface area contributed by atoms with E-state index in [-0.39, 0.29) is 0 Å². The summed E-state index contributed by atoms with van der Waals surface area (Å²) in [5, 5.41) is 0. The van der Waals surface area contributed by atoms with Gasteiger partial charge in [-0.3, -0.25) is 9.59 Å². The van der Waals surface area contributed by atoms with E-state index in [1.165, 1.54) is 0 Å². The Balaban J connectivity index is 2.31. The summed E-state index contributed by atoms with van der Waals surface area (Å²) in [6.07, 6.45) is 0. The van der Waals surface area contributed by atoms with Crippen molar-refractivity contribution in [3.63, 3.8) is 0 Å². The van der Waals surface area contributed by atoms with E-state index in [1.54, 1.807) is 12.1 Å². The van der Waals surface area contributed by atoms with Gasteiger partial charge in [-0.1, -0.05) is 0 Å². The van der Waals surface area contributed by atoms with E-state index >= 15 is 0 Å². The molecule has 0 amide bonds. The van der Waals surface area contributed by atoms with Crippen LogP contribution in [0.25, 0.3) is 0 Å². The van der Waals surface area contributed by atoms with Crippen molar-refractivity contribution in [3.05, 3.63) is 58.7 Å². The first-order valence-electron chi connectivity index (χ1n) is 10.2. The summed E-state index contributed by atoms with van der Waals surface area (Å²) >= 11 is 0. The minimum absolute atomic E-state index is 0.442. The molecule has 2 aromatic carbocycles. The van der Waals surface area contributed by atoms with E-state index in [2.05, 4.69) is 37.5 Å². The molecule has 0 saturated heterocycles. The average Bonchev–Trinajstić information content (AvgIpc) is 2.69. The third-order valence-electron chi connectivity index (χ3n) is 5.37. The van der Waals surface area contributed by atoms with Gasteiger partial charge in [0, 0.05) is 48.7 Å². The molecule has 0 atom stereocenters. The number of hydrogen-bond acceptors (Lipinski definition) is 4. The third kappa shape index (κ3) is 4.44. The molecule has 4 nitrogen and oxygen atoms in total. The SMILES string of the molecule is CCN(CC)c1ccc(C(=O)C(=O)c2ccc(N(CC)CC)cc2C)c(C)c1. The van der Waals surface area contributed by atoms with E-state index in [0.29, 0.717) is 11.1 Å². The molecule has 0 radical (unpaired) electrons. The predicted octanol–water partition coefficient (Wildman–Crippen LogP) is 5.06. The molecular formula is C24H32N2O2. The van der Waals surface area contributed by atoms with Gasteiger partial charge < -0.3 is 9.80 Å². The van der Waals surface area contributed by atoms with E-state index in [9.17, 15) is 9.59 Å². The number of carbonyl (C=O) groups excluding carboxylic acids is 2. The van der Waals surface area contributed by atoms with Crippen LogP contribution in [0.15, 0.2) is 36.4 Å². The number of ketones is 2. The Kier molecular flexibility index (Phi) is 7.38. The number of aryl methyl sites for hydroxylation is 2. The number of benzene rings is 2. The first-order valence-corrected chi connectivity index (χ1v) is 10.2. The number of carbonyl (C=O) groups is 2. The van der Waals surface area contributed by atoms with Crippen molar-refractivity contribution in [1.82, 2.24) is 0 Å². The van der Waals surface area contributed by atoms with Crippen molar-refractivity contribution in [2.75, 3.05) is 36.0 Å². The summed E-state index contributed by atoms with van der Waals surface area (Å²) < 4.78 is 0. The zero-order valence-corrected chi connectivity index (χ0v) is 18.0. The van der Waals surface area contributed by atoms with Crippen molar-refractivity contribution in [3.8, 4) is 0 Å². The van der Waals surface area contributed by atoms with Crippen LogP contribution in [0.4, 0.5) is 11.4 Å². The first kappa shape index (κ1) is 21.7. The Morgan fingerprint density at radius 2 is 0.964 bits per heavy atom. The molecule has 0 saturated carbocycles. The standard InChI is InChI=1S/C24H32N2O2/c1-7-25(8-2)19-11-13-21(17(5)15-19)23(27)24(28)22-14-12-20(16-18(22)6)26(9-3)10-4/h11-16H,7-10H2,1-6H3. The molecule has 0 unspecified atom stereocenters. The third-order valence-corrected chi connectivity index (χ3v) is 5.37. The van der Waals surface area contributed by atoms with E-state index in [4.69, 9.17) is 0 Å². The van der Waals surface area contributed by atoms with Crippen molar-refractivity contribution < 1.29 is 9.59 Å². The molecule has 28 heavy (non-hydrogen) atoms. The normalized spacial score (nSPS) is 10.6. The smallest absolute Gasteiger partial charge is 0.233 e. The molecule has 2 aromatic rings. The van der Waals surface area contributed by atoms with Crippen molar-refractivity contribution in [2.45, 2.75) is 41.5 Å². The Labute approximate surface area is 169 Å². The van der Waals surface area contributed by atoms with Gasteiger partial charge in [-0.2, -0.15) is 0 Å². The van der Waals surface area contributed by atoms with Gasteiger partial charge in [0.2, 0.25) is 11.6 Å². The van der Waals surface area contributed by atoms with Crippen LogP contribution in [-0.4, -0.2) is 37.7 Å². The van der Waals surface area contributed by atoms with Gasteiger partial charge in [-0.05, 0) is 89.1 Å². The molecule has 0 heterocycles. The summed E-state index contributed by atoms with van der Waals surface area (Å²) in [5.74, 6) is -0.885. The van der Waals surface area contributed by atoms with Gasteiger partial charge in [-0.25, -0.2) is 0 Å². The second kappa shape index (κ2) is 9.54. The summed E-state index contributed by atoms with van der Waals surface area (Å²) in [6, 6.07) is 11.4. The highest BCUT2D eigenvalue weighted by Gasteiger charge is 2.22. The fourth-order valence-electron chi connectivity index (χ4n) is 3.62. The maximum absolute atomic E-state index is 12.9. The highest BCUT2D eigenvalue weighted by Crippen LogP contribution is 2.23. The zero-order valence-electron chi connectivity index (χ0n) is 18.0. The van der Waals surface area contributed by atoms with E-state index in [0.717, 1.165) is 48.7 Å². The largest absolute Gasteiger partial charge is 0.372 e. The van der Waals surface area contributed by atoms with Crippen LogP contribution in [0.3, 0.4) is 0 Å². The fourth-order valence-corrected chi connectivity index (χ4v) is 3.62. The highest BCUT2D eigenvalue weighted by molar-refractivity contribution is 6.49. The molecule has 4 heteroatoms. The van der Waals surface area contributed by atoms with Crippen molar-refractivity contribution >= 4 is 22.9 Å². The van der Waals surface area contributed by atoms with Gasteiger partial charge in [-0.15, -0.1) is 0 Å². The Morgan fingerprint density at radius 3 is 1.21 bits per heavy atom. The molecule has 0 spiro atoms. The van der Waals surface area contributed by atoms with E-state index < -0.39 is 11.6 Å². The number of nitrogens with zero attached hydrogens (tertiary/aromatic N) is 2. The van der Waals surface area contributed by atoms with Gasteiger partial charge in [0.1, 0.15) is 0 Å². The molecule has 0 aliphatic carbocycles. The maximum Gasteiger partial charge on any atom is 0.233 e. The Hall–Kier alpha value is -2.62. The van der Waals surface area contributed by atoms with Gasteiger partial charge in [0.15, 0.2) is 0 Å². The summed E-state index contributed by atoms with van der Waals surface area (Å²) in [5.41, 5.74) is 4.78. The Bertz CT molecular complexity index is 778. The van der Waals surface area contributed by atoms with Gasteiger partial charge in [0.05, 0.1) is 0 Å². The quantitative estimate of drug-likeness (QED) is 0.450. The summed E-state index contributed by atoms with van der Waals surface area (Å²) in [4.78, 5) is 30.2. The number of rotatable bonds is 9. The predicted molar refractivity (Wildman–Crippen MR) is 118 cm³/mol. The zero-order chi connectivity index (χ0) is 20.8. The average molecular weight is 381 g/mol. The number of hydrogen-bond donors (Lipinski definition) is 0. The van der Waals surface area contributed by atoms with E-state index in [1.807, 2.05) is 38.1 Å². The van der Waals surface area contributed by atoms with Crippen LogP contribution in [0.2, 0.25) is 0 Å². The minimum atomic E-state index is -0.442. The highest BCUT2D eigenvalue weighted by atomic mass is 16.2. The monoisotopic (exact) mass is 380 g/mol. The molecule has 0 N–H and O–H groups in total. The van der Waals surface area contributed by atoms with Crippen LogP contribution in [0.1, 0.15) is 59.5 Å². The second-order valence-electron chi connectivity index (χ2n) is 7.00. The first-order chi connectivity index (χ1) is 13.4. The molecule has 0 fully saturated rings.